The minimum Gasteiger partial charge on any atom is -0.462 e. The molecular weight excluding hydrogens is 340 g/mol. The van der Waals surface area contributed by atoms with Gasteiger partial charge in [-0.2, -0.15) is 0 Å². The zero-order valence-electron chi connectivity index (χ0n) is 17.3. The average molecular weight is 377 g/mol. The number of unbranched alkanes of at least 4 members (excludes halogenated alkanes) is 6. The van der Waals surface area contributed by atoms with Gasteiger partial charge in [-0.3, -0.25) is 0 Å². The van der Waals surface area contributed by atoms with Gasteiger partial charge in [-0.25, -0.2) is 9.59 Å². The van der Waals surface area contributed by atoms with Gasteiger partial charge in [-0.05, 0) is 30.9 Å². The van der Waals surface area contributed by atoms with Crippen LogP contribution in [-0.2, 0) is 9.47 Å². The van der Waals surface area contributed by atoms with Gasteiger partial charge in [0.05, 0.1) is 24.3 Å². The Balaban J connectivity index is 2.40. The molecule has 0 N–H and O–H groups in total. The molecule has 0 fully saturated rings. The monoisotopic (exact) mass is 376 g/mol. The minimum absolute atomic E-state index is 0.288. The lowest BCUT2D eigenvalue weighted by Gasteiger charge is -2.10. The van der Waals surface area contributed by atoms with Gasteiger partial charge in [0.1, 0.15) is 0 Å². The molecule has 4 nitrogen and oxygen atoms in total. The fourth-order valence-electron chi connectivity index (χ4n) is 2.86. The SMILES string of the molecule is CCCCCCCOC(=O)c1ccccc1C(=O)OCCCCCC(C)C. The molecule has 0 amide bonds. The van der Waals surface area contributed by atoms with E-state index in [0.717, 1.165) is 38.5 Å². The van der Waals surface area contributed by atoms with Crippen molar-refractivity contribution in [3.05, 3.63) is 35.4 Å². The second-order valence-electron chi connectivity index (χ2n) is 7.47. The second-order valence-corrected chi connectivity index (χ2v) is 7.47. The average Bonchev–Trinajstić information content (AvgIpc) is 2.66. The highest BCUT2D eigenvalue weighted by molar-refractivity contribution is 6.03. The Morgan fingerprint density at radius 3 is 1.74 bits per heavy atom. The minimum atomic E-state index is -0.450. The van der Waals surface area contributed by atoms with Gasteiger partial charge in [-0.15, -0.1) is 0 Å². The van der Waals surface area contributed by atoms with Crippen LogP contribution in [0.5, 0.6) is 0 Å². The third-order valence-electron chi connectivity index (χ3n) is 4.51. The normalized spacial score (nSPS) is 10.8. The lowest BCUT2D eigenvalue weighted by Crippen LogP contribution is -2.15. The van der Waals surface area contributed by atoms with E-state index in [4.69, 9.17) is 9.47 Å². The molecule has 0 aromatic heterocycles. The number of esters is 2. The summed E-state index contributed by atoms with van der Waals surface area (Å²) in [4.78, 5) is 24.6. The molecule has 0 spiro atoms. The van der Waals surface area contributed by atoms with E-state index in [9.17, 15) is 9.59 Å². The van der Waals surface area contributed by atoms with E-state index >= 15 is 0 Å². The van der Waals surface area contributed by atoms with E-state index in [1.807, 2.05) is 0 Å². The van der Waals surface area contributed by atoms with Crippen molar-refractivity contribution in [3.8, 4) is 0 Å². The number of carbonyl (C=O) groups excluding carboxylic acids is 2. The van der Waals surface area contributed by atoms with Crippen LogP contribution in [0, 0.1) is 5.92 Å². The van der Waals surface area contributed by atoms with E-state index in [2.05, 4.69) is 20.8 Å². The molecule has 1 aromatic rings. The van der Waals surface area contributed by atoms with Gasteiger partial charge in [0.2, 0.25) is 0 Å². The maximum atomic E-state index is 12.3. The van der Waals surface area contributed by atoms with Crippen LogP contribution in [0.4, 0.5) is 0 Å². The van der Waals surface area contributed by atoms with E-state index in [1.165, 1.54) is 19.3 Å². The van der Waals surface area contributed by atoms with Crippen molar-refractivity contribution in [1.82, 2.24) is 0 Å². The van der Waals surface area contributed by atoms with Crippen molar-refractivity contribution in [2.75, 3.05) is 13.2 Å². The molecule has 0 radical (unpaired) electrons. The van der Waals surface area contributed by atoms with Crippen molar-refractivity contribution in [3.63, 3.8) is 0 Å². The van der Waals surface area contributed by atoms with Crippen molar-refractivity contribution in [1.29, 1.82) is 0 Å². The summed E-state index contributed by atoms with van der Waals surface area (Å²) in [7, 11) is 0. The first-order chi connectivity index (χ1) is 13.1. The predicted octanol–water partition coefficient (Wildman–Crippen LogP) is 6.19. The summed E-state index contributed by atoms with van der Waals surface area (Å²) in [5, 5.41) is 0. The van der Waals surface area contributed by atoms with E-state index in [-0.39, 0.29) is 11.1 Å². The number of ether oxygens (including phenoxy) is 2. The van der Waals surface area contributed by atoms with E-state index in [0.29, 0.717) is 19.1 Å². The Morgan fingerprint density at radius 1 is 0.778 bits per heavy atom. The molecule has 1 aromatic carbocycles. The summed E-state index contributed by atoms with van der Waals surface area (Å²) in [6.07, 6.45) is 9.71. The molecule has 0 saturated carbocycles. The fraction of sp³-hybridized carbons (Fsp3) is 0.652. The summed E-state index contributed by atoms with van der Waals surface area (Å²) in [6.45, 7) is 7.36. The Hall–Kier alpha value is -1.84. The summed E-state index contributed by atoms with van der Waals surface area (Å²) in [5.74, 6) is -0.193. The number of carbonyl (C=O) groups is 2. The summed E-state index contributed by atoms with van der Waals surface area (Å²) in [6, 6.07) is 6.72. The van der Waals surface area contributed by atoms with Crippen molar-refractivity contribution >= 4 is 11.9 Å². The number of hydrogen-bond acceptors (Lipinski definition) is 4. The highest BCUT2D eigenvalue weighted by Crippen LogP contribution is 2.14. The lowest BCUT2D eigenvalue weighted by atomic mass is 10.1. The standard InChI is InChI=1S/C23H36O4/c1-4-5-6-7-12-17-26-22(24)20-15-10-11-16-21(20)23(25)27-18-13-8-9-14-19(2)3/h10-11,15-16,19H,4-9,12-14,17-18H2,1-3H3. The fourth-order valence-corrected chi connectivity index (χ4v) is 2.86. The summed E-state index contributed by atoms with van der Waals surface area (Å²) < 4.78 is 10.7. The molecule has 0 bridgehead atoms. The number of hydrogen-bond donors (Lipinski definition) is 0. The molecule has 4 heteroatoms. The highest BCUT2D eigenvalue weighted by Gasteiger charge is 2.18. The van der Waals surface area contributed by atoms with Crippen molar-refractivity contribution in [2.45, 2.75) is 78.6 Å². The van der Waals surface area contributed by atoms with Gasteiger partial charge < -0.3 is 9.47 Å². The van der Waals surface area contributed by atoms with Crippen LogP contribution in [0.15, 0.2) is 24.3 Å². The smallest absolute Gasteiger partial charge is 0.339 e. The van der Waals surface area contributed by atoms with Crippen LogP contribution in [0.1, 0.15) is 99.3 Å². The lowest BCUT2D eigenvalue weighted by molar-refractivity contribution is 0.0450. The summed E-state index contributed by atoms with van der Waals surface area (Å²) in [5.41, 5.74) is 0.575. The molecule has 0 aliphatic rings. The van der Waals surface area contributed by atoms with Gasteiger partial charge in [0.25, 0.3) is 0 Å². The Bertz CT molecular complexity index is 551. The number of rotatable bonds is 14. The molecule has 0 atom stereocenters. The van der Waals surface area contributed by atoms with Gasteiger partial charge >= 0.3 is 11.9 Å². The zero-order valence-corrected chi connectivity index (χ0v) is 17.3. The predicted molar refractivity (Wildman–Crippen MR) is 109 cm³/mol. The molecule has 152 valence electrons. The highest BCUT2D eigenvalue weighted by atomic mass is 16.5. The molecular formula is C23H36O4. The third-order valence-corrected chi connectivity index (χ3v) is 4.51. The maximum absolute atomic E-state index is 12.3. The van der Waals surface area contributed by atoms with Gasteiger partial charge in [-0.1, -0.05) is 77.8 Å². The van der Waals surface area contributed by atoms with E-state index < -0.39 is 11.9 Å². The van der Waals surface area contributed by atoms with Gasteiger partial charge in [0, 0.05) is 0 Å². The third kappa shape index (κ3) is 10.2. The zero-order chi connectivity index (χ0) is 19.9. The number of benzene rings is 1. The summed E-state index contributed by atoms with van der Waals surface area (Å²) >= 11 is 0. The molecule has 0 aliphatic heterocycles. The first-order valence-corrected chi connectivity index (χ1v) is 10.5. The first-order valence-electron chi connectivity index (χ1n) is 10.5. The largest absolute Gasteiger partial charge is 0.462 e. The van der Waals surface area contributed by atoms with Crippen LogP contribution in [0.2, 0.25) is 0 Å². The molecule has 0 aliphatic carbocycles. The molecule has 0 saturated heterocycles. The molecule has 1 rings (SSSR count). The quantitative estimate of drug-likeness (QED) is 0.287. The van der Waals surface area contributed by atoms with E-state index in [1.54, 1.807) is 24.3 Å². The maximum Gasteiger partial charge on any atom is 0.339 e. The first kappa shape index (κ1) is 23.2. The van der Waals surface area contributed by atoms with Crippen molar-refractivity contribution in [2.24, 2.45) is 5.92 Å². The van der Waals surface area contributed by atoms with Crippen LogP contribution in [-0.4, -0.2) is 25.2 Å². The molecule has 0 unspecified atom stereocenters. The van der Waals surface area contributed by atoms with Crippen LogP contribution in [0.3, 0.4) is 0 Å². The van der Waals surface area contributed by atoms with Crippen LogP contribution < -0.4 is 0 Å². The molecule has 27 heavy (non-hydrogen) atoms. The Kier molecular flexibility index (Phi) is 12.2. The Morgan fingerprint density at radius 2 is 1.26 bits per heavy atom. The van der Waals surface area contributed by atoms with Gasteiger partial charge in [0.15, 0.2) is 0 Å². The second kappa shape index (κ2) is 14.2. The van der Waals surface area contributed by atoms with Crippen LogP contribution >= 0.6 is 0 Å². The van der Waals surface area contributed by atoms with Crippen LogP contribution in [0.25, 0.3) is 0 Å². The molecule has 0 heterocycles. The topological polar surface area (TPSA) is 52.6 Å². The van der Waals surface area contributed by atoms with Crippen molar-refractivity contribution < 1.29 is 19.1 Å². The Labute approximate surface area is 164 Å².